The summed E-state index contributed by atoms with van der Waals surface area (Å²) in [6.45, 7) is -0.116. The van der Waals surface area contributed by atoms with Crippen LogP contribution in [0.25, 0.3) is 0 Å². The number of nitrogens with two attached hydrogens (primary N) is 1. The van der Waals surface area contributed by atoms with Gasteiger partial charge in [-0.25, -0.2) is 0 Å². The highest BCUT2D eigenvalue weighted by molar-refractivity contribution is 6.39. The predicted octanol–water partition coefficient (Wildman–Crippen LogP) is 1.05. The Balaban J connectivity index is 2.80. The number of amides is 2. The second kappa shape index (κ2) is 5.75. The van der Waals surface area contributed by atoms with E-state index in [1.165, 1.54) is 19.2 Å². The Morgan fingerprint density at radius 2 is 1.82 bits per heavy atom. The van der Waals surface area contributed by atoms with Crippen molar-refractivity contribution in [3.05, 3.63) is 27.7 Å². The van der Waals surface area contributed by atoms with Crippen molar-refractivity contribution in [2.24, 2.45) is 0 Å². The molecule has 0 aliphatic heterocycles. The highest BCUT2D eigenvalue weighted by Crippen LogP contribution is 2.28. The largest absolute Gasteiger partial charge is 0.396 e. The average Bonchev–Trinajstić information content (AvgIpc) is 2.31. The molecule has 1 aromatic rings. The van der Waals surface area contributed by atoms with Crippen LogP contribution in [0.2, 0.25) is 10.0 Å². The number of nitrogen functional groups attached to an aromatic ring is 1. The molecule has 0 atom stereocenters. The van der Waals surface area contributed by atoms with Crippen LogP contribution in [-0.4, -0.2) is 25.4 Å². The van der Waals surface area contributed by atoms with Gasteiger partial charge in [-0.2, -0.15) is 0 Å². The highest BCUT2D eigenvalue weighted by Gasteiger charge is 2.11. The summed E-state index contributed by atoms with van der Waals surface area (Å²) in [5.41, 5.74) is 6.00. The van der Waals surface area contributed by atoms with Gasteiger partial charge in [-0.15, -0.1) is 0 Å². The molecule has 17 heavy (non-hydrogen) atoms. The Kier molecular flexibility index (Phi) is 4.60. The normalized spacial score (nSPS) is 9.82. The molecule has 0 unspecified atom stereocenters. The maximum absolute atomic E-state index is 11.6. The molecular formula is C10H11Cl2N3O2. The van der Waals surface area contributed by atoms with Gasteiger partial charge >= 0.3 is 0 Å². The molecule has 0 radical (unpaired) electrons. The molecular weight excluding hydrogens is 265 g/mol. The summed E-state index contributed by atoms with van der Waals surface area (Å²) in [5, 5.41) is 5.19. The van der Waals surface area contributed by atoms with Gasteiger partial charge in [0.1, 0.15) is 0 Å². The van der Waals surface area contributed by atoms with E-state index in [0.717, 1.165) is 0 Å². The molecule has 0 heterocycles. The summed E-state index contributed by atoms with van der Waals surface area (Å²) in [4.78, 5) is 22.6. The number of nitrogens with one attached hydrogen (secondary N) is 2. The van der Waals surface area contributed by atoms with Crippen molar-refractivity contribution in [1.82, 2.24) is 10.6 Å². The Morgan fingerprint density at radius 3 is 2.29 bits per heavy atom. The smallest absolute Gasteiger partial charge is 0.251 e. The zero-order valence-corrected chi connectivity index (χ0v) is 10.5. The monoisotopic (exact) mass is 275 g/mol. The highest BCUT2D eigenvalue weighted by atomic mass is 35.5. The molecule has 0 aromatic heterocycles. The maximum Gasteiger partial charge on any atom is 0.251 e. The van der Waals surface area contributed by atoms with Crippen molar-refractivity contribution < 1.29 is 9.59 Å². The van der Waals surface area contributed by atoms with E-state index >= 15 is 0 Å². The average molecular weight is 276 g/mol. The van der Waals surface area contributed by atoms with Gasteiger partial charge in [0, 0.05) is 12.6 Å². The minimum atomic E-state index is -0.447. The van der Waals surface area contributed by atoms with Crippen LogP contribution in [0.4, 0.5) is 5.69 Å². The van der Waals surface area contributed by atoms with E-state index in [4.69, 9.17) is 28.9 Å². The van der Waals surface area contributed by atoms with Crippen molar-refractivity contribution in [1.29, 1.82) is 0 Å². The van der Waals surface area contributed by atoms with E-state index < -0.39 is 5.91 Å². The number of likely N-dealkylation sites (N-methyl/N-ethyl adjacent to an activating group) is 1. The molecule has 0 aliphatic rings. The number of anilines is 1. The second-order valence-electron chi connectivity index (χ2n) is 3.21. The first-order valence-corrected chi connectivity index (χ1v) is 5.44. The number of carbonyl (C=O) groups excluding carboxylic acids is 2. The van der Waals surface area contributed by atoms with E-state index in [2.05, 4.69) is 10.6 Å². The van der Waals surface area contributed by atoms with Crippen molar-refractivity contribution >= 4 is 40.7 Å². The third-order valence-corrected chi connectivity index (χ3v) is 2.66. The van der Waals surface area contributed by atoms with Gasteiger partial charge in [-0.05, 0) is 12.1 Å². The van der Waals surface area contributed by atoms with Crippen LogP contribution in [0.1, 0.15) is 10.4 Å². The van der Waals surface area contributed by atoms with Gasteiger partial charge in [0.15, 0.2) is 0 Å². The molecule has 7 heteroatoms. The number of hydrogen-bond acceptors (Lipinski definition) is 3. The maximum atomic E-state index is 11.6. The van der Waals surface area contributed by atoms with Crippen LogP contribution in [0, 0.1) is 0 Å². The third kappa shape index (κ3) is 3.51. The molecule has 1 aromatic carbocycles. The third-order valence-electron chi connectivity index (χ3n) is 2.03. The summed E-state index contributed by atoms with van der Waals surface area (Å²) < 4.78 is 0. The van der Waals surface area contributed by atoms with Crippen molar-refractivity contribution in [2.75, 3.05) is 19.3 Å². The fourth-order valence-electron chi connectivity index (χ4n) is 1.07. The molecule has 0 bridgehead atoms. The first-order chi connectivity index (χ1) is 7.95. The molecule has 0 saturated heterocycles. The summed E-state index contributed by atoms with van der Waals surface area (Å²) in [6.07, 6.45) is 0. The zero-order valence-electron chi connectivity index (χ0n) is 9.01. The van der Waals surface area contributed by atoms with Gasteiger partial charge in [-0.1, -0.05) is 23.2 Å². The number of benzene rings is 1. The Labute approximate surface area is 108 Å². The van der Waals surface area contributed by atoms with E-state index in [-0.39, 0.29) is 33.7 Å². The lowest BCUT2D eigenvalue weighted by Crippen LogP contribution is -2.35. The van der Waals surface area contributed by atoms with Crippen LogP contribution in [0.5, 0.6) is 0 Å². The standard InChI is InChI=1S/C10H11Cl2N3O2/c1-14-8(16)4-15-10(17)5-2-6(11)9(13)7(12)3-5/h2-3H,4,13H2,1H3,(H,14,16)(H,15,17). The van der Waals surface area contributed by atoms with Gasteiger partial charge < -0.3 is 16.4 Å². The number of hydrogen-bond donors (Lipinski definition) is 3. The summed E-state index contributed by atoms with van der Waals surface area (Å²) in [5.74, 6) is -0.747. The first kappa shape index (κ1) is 13.6. The first-order valence-electron chi connectivity index (χ1n) is 4.69. The van der Waals surface area contributed by atoms with Crippen molar-refractivity contribution in [3.8, 4) is 0 Å². The Hall–Kier alpha value is -1.46. The minimum absolute atomic E-state index is 0.116. The van der Waals surface area contributed by atoms with Gasteiger partial charge in [0.25, 0.3) is 5.91 Å². The molecule has 0 saturated carbocycles. The van der Waals surface area contributed by atoms with E-state index in [0.29, 0.717) is 0 Å². The molecule has 0 spiro atoms. The lowest BCUT2D eigenvalue weighted by atomic mass is 10.2. The number of halogens is 2. The number of carbonyl (C=O) groups is 2. The van der Waals surface area contributed by atoms with Crippen molar-refractivity contribution in [2.45, 2.75) is 0 Å². The van der Waals surface area contributed by atoms with Crippen LogP contribution in [0.3, 0.4) is 0 Å². The van der Waals surface area contributed by atoms with Gasteiger partial charge in [-0.3, -0.25) is 9.59 Å². The van der Waals surface area contributed by atoms with Gasteiger partial charge in [0.2, 0.25) is 5.91 Å². The quantitative estimate of drug-likeness (QED) is 0.721. The molecule has 1 rings (SSSR count). The topological polar surface area (TPSA) is 84.2 Å². The van der Waals surface area contributed by atoms with E-state index in [9.17, 15) is 9.59 Å². The van der Waals surface area contributed by atoms with Crippen LogP contribution in [0.15, 0.2) is 12.1 Å². The second-order valence-corrected chi connectivity index (χ2v) is 4.02. The molecule has 0 fully saturated rings. The Morgan fingerprint density at radius 1 is 1.29 bits per heavy atom. The summed E-state index contributed by atoms with van der Waals surface area (Å²) >= 11 is 11.6. The lowest BCUT2D eigenvalue weighted by molar-refractivity contribution is -0.119. The minimum Gasteiger partial charge on any atom is -0.396 e. The zero-order chi connectivity index (χ0) is 13.0. The fraction of sp³-hybridized carbons (Fsp3) is 0.200. The Bertz CT molecular complexity index is 440. The molecule has 92 valence electrons. The fourth-order valence-corrected chi connectivity index (χ4v) is 1.55. The van der Waals surface area contributed by atoms with E-state index in [1.807, 2.05) is 0 Å². The molecule has 2 amide bonds. The van der Waals surface area contributed by atoms with Crippen LogP contribution in [-0.2, 0) is 4.79 Å². The van der Waals surface area contributed by atoms with Crippen LogP contribution < -0.4 is 16.4 Å². The SMILES string of the molecule is CNC(=O)CNC(=O)c1cc(Cl)c(N)c(Cl)c1. The molecule has 0 aliphatic carbocycles. The van der Waals surface area contributed by atoms with E-state index in [1.54, 1.807) is 0 Å². The summed E-state index contributed by atoms with van der Waals surface area (Å²) in [7, 11) is 1.48. The van der Waals surface area contributed by atoms with Crippen LogP contribution >= 0.6 is 23.2 Å². The predicted molar refractivity (Wildman–Crippen MR) is 67.3 cm³/mol. The van der Waals surface area contributed by atoms with Crippen molar-refractivity contribution in [3.63, 3.8) is 0 Å². The summed E-state index contributed by atoms with van der Waals surface area (Å²) in [6, 6.07) is 2.78. The van der Waals surface area contributed by atoms with Gasteiger partial charge in [0.05, 0.1) is 22.3 Å². The molecule has 5 nitrogen and oxygen atoms in total. The lowest BCUT2D eigenvalue weighted by Gasteiger charge is -2.07. The molecule has 4 N–H and O–H groups in total. The number of rotatable bonds is 3.